The Morgan fingerprint density at radius 1 is 1.26 bits per heavy atom. The highest BCUT2D eigenvalue weighted by atomic mass is 32.1. The van der Waals surface area contributed by atoms with E-state index >= 15 is 0 Å². The topological polar surface area (TPSA) is 50.7 Å². The Kier molecular flexibility index (Phi) is 4.11. The Morgan fingerprint density at radius 2 is 2.05 bits per heavy atom. The normalized spacial score (nSPS) is 11.8. The third kappa shape index (κ3) is 3.48. The summed E-state index contributed by atoms with van der Waals surface area (Å²) < 4.78 is 37.2. The average Bonchev–Trinajstić information content (AvgIpc) is 2.84. The van der Waals surface area contributed by atoms with E-state index in [9.17, 15) is 13.2 Å². The zero-order chi connectivity index (χ0) is 13.9. The first-order chi connectivity index (χ1) is 9.00. The van der Waals surface area contributed by atoms with Crippen LogP contribution in [0.4, 0.5) is 13.2 Å². The van der Waals surface area contributed by atoms with Crippen LogP contribution in [0, 0.1) is 0 Å². The summed E-state index contributed by atoms with van der Waals surface area (Å²) in [6.45, 7) is 3.38. The minimum atomic E-state index is -4.37. The van der Waals surface area contributed by atoms with Crippen LogP contribution in [0.25, 0.3) is 10.7 Å². The number of alkyl halides is 3. The highest BCUT2D eigenvalue weighted by Crippen LogP contribution is 2.30. The van der Waals surface area contributed by atoms with Gasteiger partial charge >= 0.3 is 6.18 Å². The first-order valence-electron chi connectivity index (χ1n) is 5.57. The molecule has 2 aromatic rings. The summed E-state index contributed by atoms with van der Waals surface area (Å²) in [6, 6.07) is 2.30. The number of hydrogen-bond donors (Lipinski definition) is 1. The van der Waals surface area contributed by atoms with Crippen molar-refractivity contribution in [2.45, 2.75) is 19.6 Å². The summed E-state index contributed by atoms with van der Waals surface area (Å²) in [5.41, 5.74) is -0.373. The van der Waals surface area contributed by atoms with Crippen LogP contribution in [0.2, 0.25) is 0 Å². The molecule has 0 amide bonds. The summed E-state index contributed by atoms with van der Waals surface area (Å²) >= 11 is 1.31. The molecule has 0 unspecified atom stereocenters. The smallest absolute Gasteiger partial charge is 0.311 e. The maximum Gasteiger partial charge on any atom is 0.417 e. The van der Waals surface area contributed by atoms with E-state index in [-0.39, 0.29) is 0 Å². The van der Waals surface area contributed by atoms with Gasteiger partial charge in [-0.1, -0.05) is 18.3 Å². The fourth-order valence-electron chi connectivity index (χ4n) is 1.35. The average molecular weight is 288 g/mol. The molecule has 2 heterocycles. The molecule has 0 aromatic carbocycles. The first kappa shape index (κ1) is 13.9. The Morgan fingerprint density at radius 3 is 2.63 bits per heavy atom. The van der Waals surface area contributed by atoms with E-state index in [0.717, 1.165) is 23.8 Å². The van der Waals surface area contributed by atoms with Crippen molar-refractivity contribution in [2.24, 2.45) is 0 Å². The number of rotatable bonds is 4. The van der Waals surface area contributed by atoms with Crippen molar-refractivity contribution >= 4 is 11.3 Å². The van der Waals surface area contributed by atoms with Crippen LogP contribution in [0.3, 0.4) is 0 Å². The molecule has 2 rings (SSSR count). The van der Waals surface area contributed by atoms with Crippen molar-refractivity contribution in [3.8, 4) is 10.7 Å². The molecule has 0 aliphatic rings. The molecule has 0 radical (unpaired) electrons. The van der Waals surface area contributed by atoms with Crippen molar-refractivity contribution < 1.29 is 13.2 Å². The van der Waals surface area contributed by atoms with Gasteiger partial charge in [0.25, 0.3) is 0 Å². The van der Waals surface area contributed by atoms with Crippen molar-refractivity contribution in [1.82, 2.24) is 20.5 Å². The lowest BCUT2D eigenvalue weighted by atomic mass is 10.2. The molecule has 8 heteroatoms. The van der Waals surface area contributed by atoms with E-state index in [1.54, 1.807) is 0 Å². The minimum Gasteiger partial charge on any atom is -0.311 e. The van der Waals surface area contributed by atoms with E-state index in [4.69, 9.17) is 0 Å². The first-order valence-corrected chi connectivity index (χ1v) is 6.39. The molecule has 4 nitrogen and oxygen atoms in total. The molecule has 0 fully saturated rings. The number of nitrogens with zero attached hydrogens (tertiary/aromatic N) is 3. The Bertz CT molecular complexity index is 536. The second-order valence-electron chi connectivity index (χ2n) is 3.71. The van der Waals surface area contributed by atoms with E-state index in [2.05, 4.69) is 20.5 Å². The SMILES string of the molecule is CCNCc1nnc(-c2ccc(C(F)(F)F)cn2)s1. The maximum atomic E-state index is 12.4. The van der Waals surface area contributed by atoms with Crippen molar-refractivity contribution in [1.29, 1.82) is 0 Å². The summed E-state index contributed by atoms with van der Waals surface area (Å²) in [6.07, 6.45) is -3.57. The molecule has 0 saturated heterocycles. The van der Waals surface area contributed by atoms with Gasteiger partial charge in [-0.3, -0.25) is 4.98 Å². The van der Waals surface area contributed by atoms with Gasteiger partial charge in [0.2, 0.25) is 0 Å². The molecule has 0 saturated carbocycles. The van der Waals surface area contributed by atoms with Gasteiger partial charge in [-0.2, -0.15) is 13.2 Å². The third-order valence-corrected chi connectivity index (χ3v) is 3.25. The fraction of sp³-hybridized carbons (Fsp3) is 0.364. The predicted octanol–water partition coefficient (Wildman–Crippen LogP) is 2.73. The van der Waals surface area contributed by atoms with Crippen LogP contribution in [0.15, 0.2) is 18.3 Å². The number of hydrogen-bond acceptors (Lipinski definition) is 5. The fourth-order valence-corrected chi connectivity index (χ4v) is 2.13. The Balaban J connectivity index is 2.16. The molecule has 1 N–H and O–H groups in total. The highest BCUT2D eigenvalue weighted by molar-refractivity contribution is 7.14. The largest absolute Gasteiger partial charge is 0.417 e. The number of nitrogens with one attached hydrogen (secondary N) is 1. The van der Waals surface area contributed by atoms with Crippen molar-refractivity contribution in [3.05, 3.63) is 28.9 Å². The summed E-state index contributed by atoms with van der Waals surface area (Å²) in [4.78, 5) is 3.78. The molecular formula is C11H11F3N4S. The Labute approximate surface area is 111 Å². The molecular weight excluding hydrogens is 277 g/mol. The molecule has 19 heavy (non-hydrogen) atoms. The number of pyridine rings is 1. The second kappa shape index (κ2) is 5.62. The van der Waals surface area contributed by atoms with Gasteiger partial charge in [0, 0.05) is 12.7 Å². The molecule has 2 aromatic heterocycles. The summed E-state index contributed by atoms with van der Waals surface area (Å²) in [5.74, 6) is 0. The van der Waals surface area contributed by atoms with E-state index < -0.39 is 11.7 Å². The third-order valence-electron chi connectivity index (χ3n) is 2.30. The minimum absolute atomic E-state index is 0.397. The van der Waals surface area contributed by atoms with Gasteiger partial charge in [-0.25, -0.2) is 0 Å². The van der Waals surface area contributed by atoms with E-state index in [1.807, 2.05) is 6.92 Å². The summed E-state index contributed by atoms with van der Waals surface area (Å²) in [7, 11) is 0. The van der Waals surface area contributed by atoms with E-state index in [0.29, 0.717) is 17.2 Å². The van der Waals surface area contributed by atoms with Gasteiger partial charge in [-0.15, -0.1) is 10.2 Å². The van der Waals surface area contributed by atoms with Gasteiger partial charge < -0.3 is 5.32 Å². The maximum absolute atomic E-state index is 12.4. The lowest BCUT2D eigenvalue weighted by Gasteiger charge is -2.05. The monoisotopic (exact) mass is 288 g/mol. The van der Waals surface area contributed by atoms with Crippen molar-refractivity contribution in [2.75, 3.05) is 6.54 Å². The Hall–Kier alpha value is -1.54. The molecule has 0 aliphatic heterocycles. The zero-order valence-corrected chi connectivity index (χ0v) is 10.8. The number of halogens is 3. The quantitative estimate of drug-likeness (QED) is 0.940. The van der Waals surface area contributed by atoms with Crippen molar-refractivity contribution in [3.63, 3.8) is 0 Å². The predicted molar refractivity (Wildman–Crippen MR) is 65.5 cm³/mol. The second-order valence-corrected chi connectivity index (χ2v) is 4.77. The van der Waals surface area contributed by atoms with Crippen LogP contribution in [-0.4, -0.2) is 21.7 Å². The molecule has 0 spiro atoms. The molecule has 102 valence electrons. The molecule has 0 bridgehead atoms. The van der Waals surface area contributed by atoms with Crippen LogP contribution >= 0.6 is 11.3 Å². The van der Waals surface area contributed by atoms with Gasteiger partial charge in [0.05, 0.1) is 5.56 Å². The van der Waals surface area contributed by atoms with Gasteiger partial charge in [0.1, 0.15) is 10.7 Å². The standard InChI is InChI=1S/C11H11F3N4S/c1-2-15-6-9-17-18-10(19-9)8-4-3-7(5-16-8)11(12,13)14/h3-5,15H,2,6H2,1H3. The van der Waals surface area contributed by atoms with Crippen LogP contribution in [-0.2, 0) is 12.7 Å². The summed E-state index contributed by atoms with van der Waals surface area (Å²) in [5, 5.41) is 12.2. The number of aromatic nitrogens is 3. The molecule has 0 atom stereocenters. The van der Waals surface area contributed by atoms with Crippen LogP contribution in [0.1, 0.15) is 17.5 Å². The lowest BCUT2D eigenvalue weighted by molar-refractivity contribution is -0.137. The lowest BCUT2D eigenvalue weighted by Crippen LogP contribution is -2.11. The molecule has 0 aliphatic carbocycles. The zero-order valence-electron chi connectivity index (χ0n) is 10.0. The van der Waals surface area contributed by atoms with Gasteiger partial charge in [-0.05, 0) is 18.7 Å². The van der Waals surface area contributed by atoms with Gasteiger partial charge in [0.15, 0.2) is 5.01 Å². The van der Waals surface area contributed by atoms with Crippen LogP contribution < -0.4 is 5.32 Å². The van der Waals surface area contributed by atoms with E-state index in [1.165, 1.54) is 17.4 Å². The van der Waals surface area contributed by atoms with Crippen LogP contribution in [0.5, 0.6) is 0 Å². The highest BCUT2D eigenvalue weighted by Gasteiger charge is 2.30.